The second-order valence-corrected chi connectivity index (χ2v) is 5.22. The second kappa shape index (κ2) is 6.26. The number of morpholine rings is 1. The molecule has 0 radical (unpaired) electrons. The van der Waals surface area contributed by atoms with Crippen molar-refractivity contribution in [2.24, 2.45) is 0 Å². The zero-order chi connectivity index (χ0) is 13.8. The lowest BCUT2D eigenvalue weighted by Gasteiger charge is -2.34. The van der Waals surface area contributed by atoms with Crippen molar-refractivity contribution in [1.82, 2.24) is 4.90 Å². The maximum atomic E-state index is 13.1. The van der Waals surface area contributed by atoms with Gasteiger partial charge in [-0.25, -0.2) is 4.39 Å². The number of rotatable bonds is 4. The van der Waals surface area contributed by atoms with Gasteiger partial charge in [-0.05, 0) is 31.5 Å². The number of halogens is 1. The molecule has 1 aromatic carbocycles. The van der Waals surface area contributed by atoms with Gasteiger partial charge >= 0.3 is 0 Å². The molecule has 1 unspecified atom stereocenters. The summed E-state index contributed by atoms with van der Waals surface area (Å²) < 4.78 is 18.6. The van der Waals surface area contributed by atoms with Gasteiger partial charge in [0.05, 0.1) is 6.61 Å². The molecule has 1 saturated heterocycles. The molecular weight excluding hydrogens is 245 g/mol. The number of nitrogens with zero attached hydrogens (tertiary/aromatic N) is 1. The van der Waals surface area contributed by atoms with E-state index in [1.54, 1.807) is 12.1 Å². The van der Waals surface area contributed by atoms with Crippen LogP contribution in [0.2, 0.25) is 0 Å². The number of benzene rings is 1. The molecule has 1 heterocycles. The summed E-state index contributed by atoms with van der Waals surface area (Å²) in [7, 11) is 0. The molecule has 0 bridgehead atoms. The van der Waals surface area contributed by atoms with Gasteiger partial charge in [-0.2, -0.15) is 0 Å². The van der Waals surface area contributed by atoms with Crippen molar-refractivity contribution in [1.29, 1.82) is 0 Å². The average Bonchev–Trinajstić information content (AvgIpc) is 2.39. The highest BCUT2D eigenvalue weighted by Crippen LogP contribution is 2.12. The lowest BCUT2D eigenvalue weighted by atomic mass is 10.0. The minimum absolute atomic E-state index is 0.0240. The van der Waals surface area contributed by atoms with Crippen LogP contribution in [0, 0.1) is 5.82 Å². The highest BCUT2D eigenvalue weighted by Gasteiger charge is 2.27. The number of hydrogen-bond donors (Lipinski definition) is 0. The van der Waals surface area contributed by atoms with Crippen molar-refractivity contribution in [2.45, 2.75) is 32.4 Å². The van der Waals surface area contributed by atoms with Gasteiger partial charge < -0.3 is 4.74 Å². The number of ether oxygens (including phenoxy) is 1. The summed E-state index contributed by atoms with van der Waals surface area (Å²) in [6.45, 7) is 6.30. The summed E-state index contributed by atoms with van der Waals surface area (Å²) in [4.78, 5) is 14.4. The number of carbonyl (C=O) groups excluding carboxylic acids is 1. The fourth-order valence-corrected chi connectivity index (χ4v) is 2.29. The quantitative estimate of drug-likeness (QED) is 0.834. The fraction of sp³-hybridized carbons (Fsp3) is 0.533. The minimum atomic E-state index is -0.389. The van der Waals surface area contributed by atoms with E-state index in [0.29, 0.717) is 24.8 Å². The predicted molar refractivity (Wildman–Crippen MR) is 71.6 cm³/mol. The maximum Gasteiger partial charge on any atom is 0.167 e. The topological polar surface area (TPSA) is 29.5 Å². The van der Waals surface area contributed by atoms with Gasteiger partial charge in [0, 0.05) is 25.6 Å². The van der Waals surface area contributed by atoms with Crippen LogP contribution in [0.4, 0.5) is 4.39 Å². The van der Waals surface area contributed by atoms with Gasteiger partial charge in [0.15, 0.2) is 5.78 Å². The van der Waals surface area contributed by atoms with Crippen molar-refractivity contribution < 1.29 is 13.9 Å². The lowest BCUT2D eigenvalue weighted by molar-refractivity contribution is -0.136. The molecule has 1 fully saturated rings. The summed E-state index contributed by atoms with van der Waals surface area (Å²) in [6, 6.07) is 6.59. The van der Waals surface area contributed by atoms with Crippen LogP contribution in [0.3, 0.4) is 0 Å². The third-order valence-corrected chi connectivity index (χ3v) is 3.45. The van der Waals surface area contributed by atoms with Gasteiger partial charge in [0.2, 0.25) is 0 Å². The first kappa shape index (κ1) is 14.2. The Bertz CT molecular complexity index is 448. The first-order valence-electron chi connectivity index (χ1n) is 6.69. The van der Waals surface area contributed by atoms with E-state index < -0.39 is 0 Å². The van der Waals surface area contributed by atoms with E-state index in [4.69, 9.17) is 4.74 Å². The van der Waals surface area contributed by atoms with E-state index in [0.717, 1.165) is 6.54 Å². The van der Waals surface area contributed by atoms with Gasteiger partial charge in [0.25, 0.3) is 0 Å². The number of Topliss-reactive ketones (excluding diaryl/α,β-unsaturated/α-hetero) is 1. The van der Waals surface area contributed by atoms with E-state index in [1.807, 2.05) is 0 Å². The van der Waals surface area contributed by atoms with Gasteiger partial charge in [-0.15, -0.1) is 0 Å². The standard InChI is InChI=1S/C15H20FNO2/c1-11(2)17-6-7-19-15(10-17)14(18)9-12-4-3-5-13(16)8-12/h3-5,8,11,15H,6-7,9-10H2,1-2H3. The molecule has 0 spiro atoms. The van der Waals surface area contributed by atoms with Crippen LogP contribution >= 0.6 is 0 Å². The molecule has 1 aliphatic heterocycles. The molecule has 104 valence electrons. The van der Waals surface area contributed by atoms with Crippen LogP contribution in [0.25, 0.3) is 0 Å². The molecule has 0 aromatic heterocycles. The fourth-order valence-electron chi connectivity index (χ4n) is 2.29. The second-order valence-electron chi connectivity index (χ2n) is 5.22. The zero-order valence-corrected chi connectivity index (χ0v) is 11.4. The van der Waals surface area contributed by atoms with Crippen molar-refractivity contribution >= 4 is 5.78 Å². The van der Waals surface area contributed by atoms with E-state index >= 15 is 0 Å². The Hall–Kier alpha value is -1.26. The Balaban J connectivity index is 1.96. The van der Waals surface area contributed by atoms with E-state index in [1.165, 1.54) is 12.1 Å². The summed E-state index contributed by atoms with van der Waals surface area (Å²) in [5.41, 5.74) is 0.704. The Labute approximate surface area is 113 Å². The van der Waals surface area contributed by atoms with Crippen LogP contribution in [-0.4, -0.2) is 42.5 Å². The normalized spacial score (nSPS) is 20.7. The molecule has 0 amide bonds. The average molecular weight is 265 g/mol. The smallest absolute Gasteiger partial charge is 0.167 e. The Morgan fingerprint density at radius 2 is 2.32 bits per heavy atom. The van der Waals surface area contributed by atoms with Crippen LogP contribution in [0.5, 0.6) is 0 Å². The minimum Gasteiger partial charge on any atom is -0.368 e. The Morgan fingerprint density at radius 3 is 3.00 bits per heavy atom. The molecular formula is C15H20FNO2. The predicted octanol–water partition coefficient (Wildman–Crippen LogP) is 2.05. The highest BCUT2D eigenvalue weighted by molar-refractivity contribution is 5.85. The molecule has 1 atom stereocenters. The third kappa shape index (κ3) is 3.85. The monoisotopic (exact) mass is 265 g/mol. The molecule has 3 nitrogen and oxygen atoms in total. The Kier molecular flexibility index (Phi) is 4.66. The van der Waals surface area contributed by atoms with E-state index in [9.17, 15) is 9.18 Å². The maximum absolute atomic E-state index is 13.1. The SMILES string of the molecule is CC(C)N1CCOC(C(=O)Cc2cccc(F)c2)C1. The highest BCUT2D eigenvalue weighted by atomic mass is 19.1. The first-order chi connectivity index (χ1) is 9.06. The summed E-state index contributed by atoms with van der Waals surface area (Å²) in [5, 5.41) is 0. The Morgan fingerprint density at radius 1 is 1.53 bits per heavy atom. The number of ketones is 1. The molecule has 0 N–H and O–H groups in total. The molecule has 0 aliphatic carbocycles. The third-order valence-electron chi connectivity index (χ3n) is 3.45. The van der Waals surface area contributed by atoms with Crippen molar-refractivity contribution in [3.05, 3.63) is 35.6 Å². The molecule has 1 aromatic rings. The molecule has 4 heteroatoms. The van der Waals surface area contributed by atoms with Crippen LogP contribution in [0.1, 0.15) is 19.4 Å². The van der Waals surface area contributed by atoms with Crippen molar-refractivity contribution in [3.63, 3.8) is 0 Å². The van der Waals surface area contributed by atoms with Crippen LogP contribution in [0.15, 0.2) is 24.3 Å². The van der Waals surface area contributed by atoms with E-state index in [2.05, 4.69) is 18.7 Å². The molecule has 19 heavy (non-hydrogen) atoms. The molecule has 0 saturated carbocycles. The largest absolute Gasteiger partial charge is 0.368 e. The molecule has 1 aliphatic rings. The summed E-state index contributed by atoms with van der Waals surface area (Å²) >= 11 is 0. The lowest BCUT2D eigenvalue weighted by Crippen LogP contribution is -2.49. The number of carbonyl (C=O) groups is 1. The number of hydrogen-bond acceptors (Lipinski definition) is 3. The zero-order valence-electron chi connectivity index (χ0n) is 11.4. The van der Waals surface area contributed by atoms with Crippen molar-refractivity contribution in [3.8, 4) is 0 Å². The van der Waals surface area contributed by atoms with Crippen LogP contribution < -0.4 is 0 Å². The summed E-state index contributed by atoms with van der Waals surface area (Å²) in [5.74, 6) is -0.283. The van der Waals surface area contributed by atoms with Gasteiger partial charge in [-0.3, -0.25) is 9.69 Å². The van der Waals surface area contributed by atoms with Gasteiger partial charge in [0.1, 0.15) is 11.9 Å². The van der Waals surface area contributed by atoms with Crippen LogP contribution in [-0.2, 0) is 16.0 Å². The molecule has 2 rings (SSSR count). The van der Waals surface area contributed by atoms with Gasteiger partial charge in [-0.1, -0.05) is 12.1 Å². The van der Waals surface area contributed by atoms with E-state index in [-0.39, 0.29) is 24.1 Å². The summed E-state index contributed by atoms with van der Waals surface area (Å²) in [6.07, 6.45) is -0.159. The van der Waals surface area contributed by atoms with Crippen molar-refractivity contribution in [2.75, 3.05) is 19.7 Å². The first-order valence-corrected chi connectivity index (χ1v) is 6.69.